The molecule has 1 aliphatic heterocycles. The Kier molecular flexibility index (Phi) is 3.01. The number of aliphatic hydroxyl groups excluding tert-OH is 1. The highest BCUT2D eigenvalue weighted by atomic mass is 16.5. The highest BCUT2D eigenvalue weighted by Crippen LogP contribution is 2.15. The van der Waals surface area contributed by atoms with Crippen LogP contribution in [0.15, 0.2) is 0 Å². The maximum Gasteiger partial charge on any atom is 0.0576 e. The lowest BCUT2D eigenvalue weighted by Gasteiger charge is -2.05. The minimum atomic E-state index is 0.305. The highest BCUT2D eigenvalue weighted by Gasteiger charge is 2.13. The van der Waals surface area contributed by atoms with Crippen LogP contribution in [0.1, 0.15) is 25.7 Å². The van der Waals surface area contributed by atoms with Gasteiger partial charge in [0.05, 0.1) is 6.10 Å². The van der Waals surface area contributed by atoms with E-state index in [9.17, 15) is 0 Å². The van der Waals surface area contributed by atoms with Crippen LogP contribution in [0.5, 0.6) is 0 Å². The molecule has 0 saturated carbocycles. The van der Waals surface area contributed by atoms with Crippen molar-refractivity contribution in [1.29, 1.82) is 0 Å². The number of rotatable bonds is 3. The van der Waals surface area contributed by atoms with Gasteiger partial charge in [0.25, 0.3) is 0 Å². The van der Waals surface area contributed by atoms with Crippen molar-refractivity contribution in [3.8, 4) is 0 Å². The van der Waals surface area contributed by atoms with Crippen LogP contribution in [0.4, 0.5) is 0 Å². The van der Waals surface area contributed by atoms with Gasteiger partial charge in [0.15, 0.2) is 0 Å². The molecule has 54 valence electrons. The van der Waals surface area contributed by atoms with E-state index in [4.69, 9.17) is 9.84 Å². The van der Waals surface area contributed by atoms with Gasteiger partial charge in [-0.05, 0) is 25.7 Å². The predicted octanol–water partition coefficient (Wildman–Crippen LogP) is 0.938. The number of hydrogen-bond acceptors (Lipinski definition) is 2. The molecule has 2 nitrogen and oxygen atoms in total. The molecule has 9 heavy (non-hydrogen) atoms. The molecule has 0 aliphatic carbocycles. The Morgan fingerprint density at radius 1 is 1.56 bits per heavy atom. The molecule has 1 heterocycles. The molecule has 2 heteroatoms. The molecule has 0 bridgehead atoms. The van der Waals surface area contributed by atoms with Gasteiger partial charge in [0.2, 0.25) is 0 Å². The summed E-state index contributed by atoms with van der Waals surface area (Å²) >= 11 is 0. The predicted molar refractivity (Wildman–Crippen MR) is 35.3 cm³/mol. The minimum Gasteiger partial charge on any atom is -0.396 e. The van der Waals surface area contributed by atoms with E-state index in [0.29, 0.717) is 12.7 Å². The van der Waals surface area contributed by atoms with Crippen molar-refractivity contribution in [1.82, 2.24) is 0 Å². The fourth-order valence-corrected chi connectivity index (χ4v) is 1.19. The van der Waals surface area contributed by atoms with E-state index in [-0.39, 0.29) is 0 Å². The van der Waals surface area contributed by atoms with Gasteiger partial charge >= 0.3 is 0 Å². The number of aliphatic hydroxyl groups is 1. The van der Waals surface area contributed by atoms with E-state index in [1.54, 1.807) is 0 Å². The second kappa shape index (κ2) is 3.85. The van der Waals surface area contributed by atoms with Crippen LogP contribution in [0.25, 0.3) is 0 Å². The molecule has 0 unspecified atom stereocenters. The maximum atomic E-state index is 8.47. The van der Waals surface area contributed by atoms with Crippen molar-refractivity contribution in [2.75, 3.05) is 13.2 Å². The average Bonchev–Trinajstić information content (AvgIpc) is 2.34. The Morgan fingerprint density at radius 2 is 2.44 bits per heavy atom. The Hall–Kier alpha value is -0.0800. The van der Waals surface area contributed by atoms with E-state index in [1.807, 2.05) is 0 Å². The minimum absolute atomic E-state index is 0.305. The summed E-state index contributed by atoms with van der Waals surface area (Å²) in [6.45, 7) is 1.23. The van der Waals surface area contributed by atoms with Gasteiger partial charge in [-0.15, -0.1) is 0 Å². The van der Waals surface area contributed by atoms with Crippen molar-refractivity contribution in [3.63, 3.8) is 0 Å². The van der Waals surface area contributed by atoms with E-state index in [2.05, 4.69) is 0 Å². The lowest BCUT2D eigenvalue weighted by Crippen LogP contribution is -2.04. The van der Waals surface area contributed by atoms with Gasteiger partial charge in [-0.25, -0.2) is 0 Å². The summed E-state index contributed by atoms with van der Waals surface area (Å²) in [4.78, 5) is 0. The van der Waals surface area contributed by atoms with Crippen LogP contribution < -0.4 is 0 Å². The Morgan fingerprint density at radius 3 is 3.00 bits per heavy atom. The molecule has 0 spiro atoms. The molecule has 1 fully saturated rings. The average molecular weight is 130 g/mol. The Bertz CT molecular complexity index is 67.3. The summed E-state index contributed by atoms with van der Waals surface area (Å²) in [7, 11) is 0. The number of hydrogen-bond donors (Lipinski definition) is 1. The largest absolute Gasteiger partial charge is 0.396 e. The van der Waals surface area contributed by atoms with Crippen molar-refractivity contribution in [2.24, 2.45) is 0 Å². The molecule has 0 radical (unpaired) electrons. The molecule has 0 aromatic carbocycles. The first kappa shape index (κ1) is 7.03. The molecule has 1 aliphatic rings. The molecule has 1 saturated heterocycles. The molecular formula is C7H14O2. The standard InChI is InChI=1S/C7H14O2/c8-5-1-3-7-4-2-6-9-7/h7-8H,1-6H2/t7-/m0/s1. The second-order valence-corrected chi connectivity index (χ2v) is 2.50. The van der Waals surface area contributed by atoms with E-state index in [1.165, 1.54) is 12.8 Å². The third kappa shape index (κ3) is 2.33. The van der Waals surface area contributed by atoms with Gasteiger partial charge in [-0.1, -0.05) is 0 Å². The van der Waals surface area contributed by atoms with Gasteiger partial charge in [-0.3, -0.25) is 0 Å². The summed E-state index contributed by atoms with van der Waals surface area (Å²) in [6, 6.07) is 0. The zero-order chi connectivity index (χ0) is 6.53. The Labute approximate surface area is 55.8 Å². The van der Waals surface area contributed by atoms with Crippen molar-refractivity contribution >= 4 is 0 Å². The maximum absolute atomic E-state index is 8.47. The fourth-order valence-electron chi connectivity index (χ4n) is 1.19. The first-order valence-corrected chi connectivity index (χ1v) is 3.66. The topological polar surface area (TPSA) is 29.5 Å². The summed E-state index contributed by atoms with van der Waals surface area (Å²) in [6.07, 6.45) is 4.79. The zero-order valence-electron chi connectivity index (χ0n) is 5.68. The first-order valence-electron chi connectivity index (χ1n) is 3.66. The highest BCUT2D eigenvalue weighted by molar-refractivity contribution is 4.63. The van der Waals surface area contributed by atoms with Crippen LogP contribution in [-0.4, -0.2) is 24.4 Å². The quantitative estimate of drug-likeness (QED) is 0.616. The zero-order valence-corrected chi connectivity index (χ0v) is 5.68. The van der Waals surface area contributed by atoms with Crippen LogP contribution in [-0.2, 0) is 4.74 Å². The molecule has 1 atom stereocenters. The lowest BCUT2D eigenvalue weighted by atomic mass is 10.1. The van der Waals surface area contributed by atoms with Crippen LogP contribution in [0.2, 0.25) is 0 Å². The van der Waals surface area contributed by atoms with Gasteiger partial charge in [0, 0.05) is 13.2 Å². The molecule has 0 amide bonds. The first-order chi connectivity index (χ1) is 4.43. The fraction of sp³-hybridized carbons (Fsp3) is 1.00. The molecule has 0 aromatic rings. The summed E-state index contributed by atoms with van der Waals surface area (Å²) in [5.74, 6) is 0. The van der Waals surface area contributed by atoms with Crippen molar-refractivity contribution < 1.29 is 9.84 Å². The van der Waals surface area contributed by atoms with Gasteiger partial charge in [-0.2, -0.15) is 0 Å². The molecule has 0 aromatic heterocycles. The van der Waals surface area contributed by atoms with E-state index in [0.717, 1.165) is 19.4 Å². The molecule has 1 rings (SSSR count). The number of ether oxygens (including phenoxy) is 1. The van der Waals surface area contributed by atoms with Crippen LogP contribution in [0, 0.1) is 0 Å². The van der Waals surface area contributed by atoms with E-state index < -0.39 is 0 Å². The second-order valence-electron chi connectivity index (χ2n) is 2.50. The van der Waals surface area contributed by atoms with Crippen molar-refractivity contribution in [3.05, 3.63) is 0 Å². The SMILES string of the molecule is OCCC[C@H]1CCCO1. The smallest absolute Gasteiger partial charge is 0.0576 e. The lowest BCUT2D eigenvalue weighted by molar-refractivity contribution is 0.0969. The van der Waals surface area contributed by atoms with E-state index >= 15 is 0 Å². The summed E-state index contributed by atoms with van der Waals surface area (Å²) in [5.41, 5.74) is 0. The van der Waals surface area contributed by atoms with Crippen molar-refractivity contribution in [2.45, 2.75) is 31.8 Å². The third-order valence-corrected chi connectivity index (χ3v) is 1.71. The van der Waals surface area contributed by atoms with Gasteiger partial charge < -0.3 is 9.84 Å². The Balaban J connectivity index is 1.98. The van der Waals surface area contributed by atoms with Crippen LogP contribution in [0.3, 0.4) is 0 Å². The monoisotopic (exact) mass is 130 g/mol. The normalized spacial score (nSPS) is 27.0. The third-order valence-electron chi connectivity index (χ3n) is 1.71. The van der Waals surface area contributed by atoms with Crippen LogP contribution >= 0.6 is 0 Å². The molecular weight excluding hydrogens is 116 g/mol. The van der Waals surface area contributed by atoms with Gasteiger partial charge in [0.1, 0.15) is 0 Å². The molecule has 1 N–H and O–H groups in total. The summed E-state index contributed by atoms with van der Waals surface area (Å²) in [5, 5.41) is 8.47. The summed E-state index contributed by atoms with van der Waals surface area (Å²) < 4.78 is 5.34.